The zero-order chi connectivity index (χ0) is 11.2. The van der Waals surface area contributed by atoms with E-state index in [-0.39, 0.29) is 0 Å². The number of aromatic amines is 2. The fourth-order valence-electron chi connectivity index (χ4n) is 1.44. The van der Waals surface area contributed by atoms with Crippen LogP contribution in [0.4, 0.5) is 0 Å². The number of rotatable bonds is 0. The molecule has 6 heteroatoms. The SMILES string of the molecule is Cc1c[nH]c2c(c(=O)[nH]c(=O)n2C)c1=S. The van der Waals surface area contributed by atoms with Crippen molar-refractivity contribution in [2.24, 2.45) is 7.05 Å². The van der Waals surface area contributed by atoms with Crippen LogP contribution in [0.2, 0.25) is 0 Å². The quantitative estimate of drug-likeness (QED) is 0.642. The zero-order valence-corrected chi connectivity index (χ0v) is 9.07. The Balaban J connectivity index is 3.25. The predicted molar refractivity (Wildman–Crippen MR) is 59.7 cm³/mol. The van der Waals surface area contributed by atoms with Gasteiger partial charge in [0, 0.05) is 13.2 Å². The van der Waals surface area contributed by atoms with Crippen LogP contribution in [-0.4, -0.2) is 14.5 Å². The van der Waals surface area contributed by atoms with Gasteiger partial charge in [-0.25, -0.2) is 4.79 Å². The first-order chi connectivity index (χ1) is 7.02. The van der Waals surface area contributed by atoms with Gasteiger partial charge in [0.15, 0.2) is 0 Å². The van der Waals surface area contributed by atoms with Gasteiger partial charge in [-0.2, -0.15) is 0 Å². The van der Waals surface area contributed by atoms with Crippen molar-refractivity contribution in [1.82, 2.24) is 14.5 Å². The van der Waals surface area contributed by atoms with Crippen LogP contribution in [-0.2, 0) is 7.05 Å². The van der Waals surface area contributed by atoms with Crippen molar-refractivity contribution in [2.45, 2.75) is 6.92 Å². The number of hydrogen-bond donors (Lipinski definition) is 2. The molecule has 0 saturated carbocycles. The number of hydrogen-bond acceptors (Lipinski definition) is 3. The third kappa shape index (κ3) is 1.33. The average Bonchev–Trinajstić information content (AvgIpc) is 2.18. The monoisotopic (exact) mass is 223 g/mol. The largest absolute Gasteiger partial charge is 0.347 e. The number of H-pyrrole nitrogens is 2. The second kappa shape index (κ2) is 3.16. The molecule has 2 rings (SSSR count). The van der Waals surface area contributed by atoms with Gasteiger partial charge in [-0.3, -0.25) is 14.3 Å². The second-order valence-electron chi connectivity index (χ2n) is 3.34. The Kier molecular flexibility index (Phi) is 2.08. The highest BCUT2D eigenvalue weighted by Crippen LogP contribution is 2.09. The lowest BCUT2D eigenvalue weighted by molar-refractivity contribution is 0.828. The molecule has 0 aliphatic heterocycles. The van der Waals surface area contributed by atoms with Gasteiger partial charge in [0.2, 0.25) is 0 Å². The molecule has 0 radical (unpaired) electrons. The maximum Gasteiger partial charge on any atom is 0.329 e. The topological polar surface area (TPSA) is 70.7 Å². The summed E-state index contributed by atoms with van der Waals surface area (Å²) >= 11 is 5.13. The highest BCUT2D eigenvalue weighted by atomic mass is 32.1. The molecule has 78 valence electrons. The molecule has 0 spiro atoms. The Hall–Kier alpha value is -1.69. The normalized spacial score (nSPS) is 10.8. The van der Waals surface area contributed by atoms with Crippen LogP contribution in [0, 0.1) is 11.4 Å². The molecule has 0 unspecified atom stereocenters. The highest BCUT2D eigenvalue weighted by molar-refractivity contribution is 7.71. The van der Waals surface area contributed by atoms with Gasteiger partial charge in [0.05, 0.1) is 9.90 Å². The van der Waals surface area contributed by atoms with Crippen molar-refractivity contribution in [3.8, 4) is 0 Å². The summed E-state index contributed by atoms with van der Waals surface area (Å²) in [5, 5.41) is 0.354. The summed E-state index contributed by atoms with van der Waals surface area (Å²) in [6.07, 6.45) is 1.68. The molecule has 2 aromatic rings. The van der Waals surface area contributed by atoms with Gasteiger partial charge in [0.1, 0.15) is 5.65 Å². The highest BCUT2D eigenvalue weighted by Gasteiger charge is 2.07. The van der Waals surface area contributed by atoms with Gasteiger partial charge < -0.3 is 4.98 Å². The molecular weight excluding hydrogens is 214 g/mol. The van der Waals surface area contributed by atoms with E-state index >= 15 is 0 Å². The van der Waals surface area contributed by atoms with Crippen LogP contribution in [0.5, 0.6) is 0 Å². The number of aromatic nitrogens is 3. The van der Waals surface area contributed by atoms with Crippen LogP contribution in [0.1, 0.15) is 5.56 Å². The lowest BCUT2D eigenvalue weighted by atomic mass is 10.2. The van der Waals surface area contributed by atoms with Crippen molar-refractivity contribution in [2.75, 3.05) is 0 Å². The molecule has 0 aromatic carbocycles. The maximum atomic E-state index is 11.6. The Labute approximate surface area is 89.4 Å². The number of fused-ring (bicyclic) bond motifs is 1. The molecule has 0 amide bonds. The summed E-state index contributed by atoms with van der Waals surface area (Å²) in [7, 11) is 1.57. The summed E-state index contributed by atoms with van der Waals surface area (Å²) in [6, 6.07) is 0. The summed E-state index contributed by atoms with van der Waals surface area (Å²) in [5.74, 6) is 0. The fraction of sp³-hybridized carbons (Fsp3) is 0.222. The molecule has 15 heavy (non-hydrogen) atoms. The number of nitrogens with one attached hydrogen (secondary N) is 2. The molecule has 0 aliphatic carbocycles. The van der Waals surface area contributed by atoms with Gasteiger partial charge in [-0.1, -0.05) is 12.2 Å². The van der Waals surface area contributed by atoms with Gasteiger partial charge >= 0.3 is 5.69 Å². The van der Waals surface area contributed by atoms with E-state index in [0.29, 0.717) is 15.5 Å². The standard InChI is InChI=1S/C9H9N3O2S/c1-4-3-10-7-5(6(4)15)8(13)11-9(14)12(7)2/h3H,1-2H3,(H,10,15)(H,11,13,14). The average molecular weight is 223 g/mol. The van der Waals surface area contributed by atoms with Gasteiger partial charge in [0.25, 0.3) is 5.56 Å². The van der Waals surface area contributed by atoms with E-state index in [9.17, 15) is 9.59 Å². The number of aryl methyl sites for hydroxylation is 2. The minimum atomic E-state index is -0.456. The molecule has 2 N–H and O–H groups in total. The van der Waals surface area contributed by atoms with E-state index in [1.54, 1.807) is 13.2 Å². The molecule has 0 atom stereocenters. The molecule has 0 fully saturated rings. The lowest BCUT2D eigenvalue weighted by Gasteiger charge is -2.04. The molecule has 0 saturated heterocycles. The summed E-state index contributed by atoms with van der Waals surface area (Å²) in [6.45, 7) is 1.81. The van der Waals surface area contributed by atoms with Gasteiger partial charge in [-0.15, -0.1) is 0 Å². The molecule has 5 nitrogen and oxygen atoms in total. The van der Waals surface area contributed by atoms with E-state index in [4.69, 9.17) is 12.2 Å². The minimum absolute atomic E-state index is 0.354. The first-order valence-corrected chi connectivity index (χ1v) is 4.74. The van der Waals surface area contributed by atoms with E-state index in [1.807, 2.05) is 6.92 Å². The van der Waals surface area contributed by atoms with E-state index in [2.05, 4.69) is 9.97 Å². The number of nitrogens with zero attached hydrogens (tertiary/aromatic N) is 1. The Morgan fingerprint density at radius 1 is 1.40 bits per heavy atom. The van der Waals surface area contributed by atoms with Crippen LogP contribution in [0.15, 0.2) is 15.8 Å². The Morgan fingerprint density at radius 3 is 2.73 bits per heavy atom. The van der Waals surface area contributed by atoms with Crippen molar-refractivity contribution in [3.05, 3.63) is 37.1 Å². The minimum Gasteiger partial charge on any atom is -0.347 e. The van der Waals surface area contributed by atoms with Crippen LogP contribution >= 0.6 is 12.2 Å². The second-order valence-corrected chi connectivity index (χ2v) is 3.75. The van der Waals surface area contributed by atoms with Crippen molar-refractivity contribution >= 4 is 23.3 Å². The number of pyridine rings is 1. The molecular formula is C9H9N3O2S. The maximum absolute atomic E-state index is 11.6. The third-order valence-electron chi connectivity index (χ3n) is 2.33. The lowest BCUT2D eigenvalue weighted by Crippen LogP contribution is -2.29. The summed E-state index contributed by atoms with van der Waals surface area (Å²) in [5.41, 5.74) is 0.348. The molecule has 0 aliphatic rings. The van der Waals surface area contributed by atoms with Crippen LogP contribution in [0.3, 0.4) is 0 Å². The van der Waals surface area contributed by atoms with Crippen molar-refractivity contribution in [3.63, 3.8) is 0 Å². The first kappa shape index (κ1) is 9.85. The van der Waals surface area contributed by atoms with Crippen molar-refractivity contribution in [1.29, 1.82) is 0 Å². The molecule has 2 heterocycles. The molecule has 0 bridgehead atoms. The first-order valence-electron chi connectivity index (χ1n) is 4.33. The zero-order valence-electron chi connectivity index (χ0n) is 8.25. The summed E-state index contributed by atoms with van der Waals surface area (Å²) in [4.78, 5) is 28.0. The van der Waals surface area contributed by atoms with E-state index in [1.165, 1.54) is 4.57 Å². The predicted octanol–water partition coefficient (Wildman–Crippen LogP) is 0.593. The smallest absolute Gasteiger partial charge is 0.329 e. The van der Waals surface area contributed by atoms with E-state index in [0.717, 1.165) is 5.56 Å². The Bertz CT molecular complexity index is 708. The Morgan fingerprint density at radius 2 is 2.07 bits per heavy atom. The fourth-order valence-corrected chi connectivity index (χ4v) is 1.69. The molecule has 2 aromatic heterocycles. The summed E-state index contributed by atoms with van der Waals surface area (Å²) < 4.78 is 1.80. The van der Waals surface area contributed by atoms with E-state index < -0.39 is 11.2 Å². The third-order valence-corrected chi connectivity index (χ3v) is 2.86. The van der Waals surface area contributed by atoms with Gasteiger partial charge in [-0.05, 0) is 12.5 Å². The van der Waals surface area contributed by atoms with Crippen LogP contribution in [0.25, 0.3) is 11.0 Å². The van der Waals surface area contributed by atoms with Crippen molar-refractivity contribution < 1.29 is 0 Å². The van der Waals surface area contributed by atoms with Crippen LogP contribution < -0.4 is 11.2 Å².